The number of carbonyl (C=O) groups excluding carboxylic acids is 2. The Balaban J connectivity index is 1.81. The van der Waals surface area contributed by atoms with Gasteiger partial charge >= 0.3 is 0 Å². The van der Waals surface area contributed by atoms with Crippen molar-refractivity contribution in [2.24, 2.45) is 5.41 Å². The first-order valence-corrected chi connectivity index (χ1v) is 7.12. The van der Waals surface area contributed by atoms with Crippen LogP contribution in [0.1, 0.15) is 23.7 Å². The van der Waals surface area contributed by atoms with Crippen molar-refractivity contribution in [2.75, 3.05) is 20.1 Å². The van der Waals surface area contributed by atoms with Crippen LogP contribution >= 0.6 is 0 Å². The Morgan fingerprint density at radius 2 is 2.14 bits per heavy atom. The van der Waals surface area contributed by atoms with Gasteiger partial charge in [0.15, 0.2) is 0 Å². The maximum atomic E-state index is 12.6. The van der Waals surface area contributed by atoms with Gasteiger partial charge in [0.25, 0.3) is 5.91 Å². The fourth-order valence-corrected chi connectivity index (χ4v) is 2.99. The van der Waals surface area contributed by atoms with Crippen molar-refractivity contribution in [3.8, 4) is 0 Å². The summed E-state index contributed by atoms with van der Waals surface area (Å²) in [6, 6.07) is 7.59. The monoisotopic (exact) mass is 285 g/mol. The maximum Gasteiger partial charge on any atom is 0.253 e. The standard InChI is InChI=1S/C16H19N3O2/c1-16(15(21)17-2)6-8-19(10-16)14(20)12-3-4-13-11(9-12)5-7-18-13/h3-5,7,9,18H,6,8,10H2,1-2H3,(H,17,21). The lowest BCUT2D eigenvalue weighted by Crippen LogP contribution is -2.40. The Bertz CT molecular complexity index is 706. The number of H-pyrrole nitrogens is 1. The summed E-state index contributed by atoms with van der Waals surface area (Å²) in [5.74, 6) is -0.00962. The van der Waals surface area contributed by atoms with E-state index in [1.807, 2.05) is 37.4 Å². The predicted molar refractivity (Wildman–Crippen MR) is 81.0 cm³/mol. The average Bonchev–Trinajstić information content (AvgIpc) is 3.12. The number of likely N-dealkylation sites (tertiary alicyclic amines) is 1. The highest BCUT2D eigenvalue weighted by Crippen LogP contribution is 2.31. The van der Waals surface area contributed by atoms with Crippen molar-refractivity contribution < 1.29 is 9.59 Å². The number of fused-ring (bicyclic) bond motifs is 1. The molecule has 2 aromatic rings. The molecule has 0 saturated carbocycles. The van der Waals surface area contributed by atoms with E-state index in [1.165, 1.54) is 0 Å². The number of amides is 2. The van der Waals surface area contributed by atoms with E-state index in [4.69, 9.17) is 0 Å². The van der Waals surface area contributed by atoms with E-state index >= 15 is 0 Å². The first-order valence-electron chi connectivity index (χ1n) is 7.12. The van der Waals surface area contributed by atoms with Gasteiger partial charge in [-0.3, -0.25) is 9.59 Å². The molecule has 5 heteroatoms. The highest BCUT2D eigenvalue weighted by molar-refractivity contribution is 5.98. The molecule has 0 aliphatic carbocycles. The van der Waals surface area contributed by atoms with Gasteiger partial charge in [-0.1, -0.05) is 0 Å². The second kappa shape index (κ2) is 4.91. The van der Waals surface area contributed by atoms with Gasteiger partial charge in [-0.05, 0) is 37.6 Å². The molecule has 1 saturated heterocycles. The van der Waals surface area contributed by atoms with Crippen LogP contribution in [0.25, 0.3) is 10.9 Å². The highest BCUT2D eigenvalue weighted by Gasteiger charge is 2.41. The molecule has 5 nitrogen and oxygen atoms in total. The van der Waals surface area contributed by atoms with Crippen molar-refractivity contribution >= 4 is 22.7 Å². The van der Waals surface area contributed by atoms with Gasteiger partial charge in [0, 0.05) is 42.8 Å². The zero-order chi connectivity index (χ0) is 15.0. The summed E-state index contributed by atoms with van der Waals surface area (Å²) in [7, 11) is 1.64. The van der Waals surface area contributed by atoms with Crippen molar-refractivity contribution in [1.29, 1.82) is 0 Å². The van der Waals surface area contributed by atoms with E-state index in [-0.39, 0.29) is 11.8 Å². The van der Waals surface area contributed by atoms with E-state index in [2.05, 4.69) is 10.3 Å². The Morgan fingerprint density at radius 1 is 1.33 bits per heavy atom. The van der Waals surface area contributed by atoms with Gasteiger partial charge in [0.05, 0.1) is 5.41 Å². The van der Waals surface area contributed by atoms with E-state index in [9.17, 15) is 9.59 Å². The van der Waals surface area contributed by atoms with Gasteiger partial charge in [-0.15, -0.1) is 0 Å². The topological polar surface area (TPSA) is 65.2 Å². The number of carbonyl (C=O) groups is 2. The molecule has 1 aliphatic rings. The molecule has 1 aromatic carbocycles. The third kappa shape index (κ3) is 2.28. The lowest BCUT2D eigenvalue weighted by Gasteiger charge is -2.22. The lowest BCUT2D eigenvalue weighted by atomic mass is 9.89. The number of aromatic nitrogens is 1. The SMILES string of the molecule is CNC(=O)C1(C)CCN(C(=O)c2ccc3[nH]ccc3c2)C1. The summed E-state index contributed by atoms with van der Waals surface area (Å²) in [5, 5.41) is 3.71. The Kier molecular flexibility index (Phi) is 3.20. The number of nitrogens with zero attached hydrogens (tertiary/aromatic N) is 1. The number of rotatable bonds is 2. The van der Waals surface area contributed by atoms with Gasteiger partial charge in [-0.25, -0.2) is 0 Å². The van der Waals surface area contributed by atoms with Crippen LogP contribution in [0, 0.1) is 5.41 Å². The first-order chi connectivity index (χ1) is 10.0. The van der Waals surface area contributed by atoms with Gasteiger partial charge in [0.1, 0.15) is 0 Å². The lowest BCUT2D eigenvalue weighted by molar-refractivity contribution is -0.128. The summed E-state index contributed by atoms with van der Waals surface area (Å²) >= 11 is 0. The van der Waals surface area contributed by atoms with Crippen molar-refractivity contribution in [2.45, 2.75) is 13.3 Å². The Labute approximate surface area is 123 Å². The van der Waals surface area contributed by atoms with Crippen LogP contribution in [0.5, 0.6) is 0 Å². The van der Waals surface area contributed by atoms with Crippen molar-refractivity contribution in [1.82, 2.24) is 15.2 Å². The molecule has 1 atom stereocenters. The van der Waals surface area contributed by atoms with Crippen LogP contribution < -0.4 is 5.32 Å². The summed E-state index contributed by atoms with van der Waals surface area (Å²) in [4.78, 5) is 29.4. The summed E-state index contributed by atoms with van der Waals surface area (Å²) < 4.78 is 0. The number of nitrogens with one attached hydrogen (secondary N) is 2. The van der Waals surface area contributed by atoms with Crippen LogP contribution in [0.15, 0.2) is 30.5 Å². The summed E-state index contributed by atoms with van der Waals surface area (Å²) in [6.45, 7) is 3.00. The van der Waals surface area contributed by atoms with Crippen LogP contribution in [0.3, 0.4) is 0 Å². The van der Waals surface area contributed by atoms with Gasteiger partial charge in [-0.2, -0.15) is 0 Å². The number of benzene rings is 1. The van der Waals surface area contributed by atoms with Gasteiger partial charge < -0.3 is 15.2 Å². The minimum absolute atomic E-state index is 0.00103. The normalized spacial score (nSPS) is 21.7. The number of aromatic amines is 1. The van der Waals surface area contributed by atoms with Crippen LogP contribution in [0.2, 0.25) is 0 Å². The zero-order valence-corrected chi connectivity index (χ0v) is 12.3. The molecule has 1 unspecified atom stereocenters. The minimum Gasteiger partial charge on any atom is -0.361 e. The first kappa shape index (κ1) is 13.7. The minimum atomic E-state index is -0.484. The molecule has 2 amide bonds. The maximum absolute atomic E-state index is 12.6. The van der Waals surface area contributed by atoms with E-state index in [1.54, 1.807) is 11.9 Å². The summed E-state index contributed by atoms with van der Waals surface area (Å²) in [6.07, 6.45) is 2.56. The second-order valence-corrected chi connectivity index (χ2v) is 5.90. The third-order valence-corrected chi connectivity index (χ3v) is 4.34. The average molecular weight is 285 g/mol. The zero-order valence-electron chi connectivity index (χ0n) is 12.3. The molecule has 2 N–H and O–H groups in total. The predicted octanol–water partition coefficient (Wildman–Crippen LogP) is 1.77. The molecule has 1 aromatic heterocycles. The highest BCUT2D eigenvalue weighted by atomic mass is 16.2. The molecule has 0 bridgehead atoms. The van der Waals surface area contributed by atoms with Crippen LogP contribution in [-0.4, -0.2) is 41.8 Å². The Morgan fingerprint density at radius 3 is 2.90 bits per heavy atom. The molecule has 21 heavy (non-hydrogen) atoms. The molecule has 110 valence electrons. The largest absolute Gasteiger partial charge is 0.361 e. The molecule has 2 heterocycles. The fourth-order valence-electron chi connectivity index (χ4n) is 2.99. The van der Waals surface area contributed by atoms with E-state index < -0.39 is 5.41 Å². The second-order valence-electron chi connectivity index (χ2n) is 5.90. The molecule has 1 aliphatic heterocycles. The number of hydrogen-bond donors (Lipinski definition) is 2. The quantitative estimate of drug-likeness (QED) is 0.883. The molecule has 3 rings (SSSR count). The van der Waals surface area contributed by atoms with Crippen molar-refractivity contribution in [3.63, 3.8) is 0 Å². The summed E-state index contributed by atoms with van der Waals surface area (Å²) in [5.41, 5.74) is 1.20. The molecule has 1 fully saturated rings. The smallest absolute Gasteiger partial charge is 0.253 e. The molecule has 0 spiro atoms. The molecular weight excluding hydrogens is 266 g/mol. The van der Waals surface area contributed by atoms with Gasteiger partial charge in [0.2, 0.25) is 5.91 Å². The molecular formula is C16H19N3O2. The van der Waals surface area contributed by atoms with Crippen molar-refractivity contribution in [3.05, 3.63) is 36.0 Å². The van der Waals surface area contributed by atoms with E-state index in [0.29, 0.717) is 25.1 Å². The third-order valence-electron chi connectivity index (χ3n) is 4.34. The fraction of sp³-hybridized carbons (Fsp3) is 0.375. The number of hydrogen-bond acceptors (Lipinski definition) is 2. The van der Waals surface area contributed by atoms with Crippen LogP contribution in [0.4, 0.5) is 0 Å². The Hall–Kier alpha value is -2.30. The molecule has 0 radical (unpaired) electrons. The van der Waals surface area contributed by atoms with Crippen LogP contribution in [-0.2, 0) is 4.79 Å². The van der Waals surface area contributed by atoms with E-state index in [0.717, 1.165) is 10.9 Å².